The Balaban J connectivity index is 1.59. The molecule has 2 amide bonds. The van der Waals surface area contributed by atoms with Gasteiger partial charge in [-0.3, -0.25) is 10.1 Å². The molecular formula is C20H30N6O5S. The first-order chi connectivity index (χ1) is 15.2. The number of thiazole rings is 1. The molecule has 2 aromatic rings. The Bertz CT molecular complexity index is 931. The van der Waals surface area contributed by atoms with Crippen molar-refractivity contribution in [2.75, 3.05) is 25.1 Å². The summed E-state index contributed by atoms with van der Waals surface area (Å²) in [5, 5.41) is 11.1. The maximum Gasteiger partial charge on any atom is 0.410 e. The van der Waals surface area contributed by atoms with Gasteiger partial charge >= 0.3 is 6.09 Å². The van der Waals surface area contributed by atoms with Crippen molar-refractivity contribution < 1.29 is 23.8 Å². The predicted molar refractivity (Wildman–Crippen MR) is 117 cm³/mol. The Labute approximate surface area is 191 Å². The molecule has 0 fully saturated rings. The highest BCUT2D eigenvalue weighted by Crippen LogP contribution is 2.29. The minimum atomic E-state index is -0.549. The molecule has 0 saturated carbocycles. The van der Waals surface area contributed by atoms with Crippen LogP contribution in [0.15, 0.2) is 6.20 Å². The third kappa shape index (κ3) is 6.47. The van der Waals surface area contributed by atoms with Crippen LogP contribution in [-0.2, 0) is 33.7 Å². The fraction of sp³-hybridized carbons (Fsp3) is 0.650. The van der Waals surface area contributed by atoms with Crippen LogP contribution in [0, 0.1) is 0 Å². The molecule has 12 heteroatoms. The molecule has 11 nitrogen and oxygen atoms in total. The average molecular weight is 467 g/mol. The molecule has 3 rings (SSSR count). The number of carbonyl (C=O) groups excluding carboxylic acids is 2. The van der Waals surface area contributed by atoms with Gasteiger partial charge in [-0.15, -0.1) is 5.10 Å². The summed E-state index contributed by atoms with van der Waals surface area (Å²) < 4.78 is 17.9. The number of anilines is 1. The van der Waals surface area contributed by atoms with Crippen molar-refractivity contribution in [3.8, 4) is 0 Å². The fourth-order valence-corrected chi connectivity index (χ4v) is 4.08. The molecule has 0 aliphatic carbocycles. The molecule has 176 valence electrons. The van der Waals surface area contributed by atoms with E-state index in [0.29, 0.717) is 44.4 Å². The number of fused-ring (bicyclic) bond motifs is 1. The van der Waals surface area contributed by atoms with Crippen LogP contribution in [0.3, 0.4) is 0 Å². The summed E-state index contributed by atoms with van der Waals surface area (Å²) in [6.45, 7) is 11.5. The summed E-state index contributed by atoms with van der Waals surface area (Å²) in [4.78, 5) is 32.0. The average Bonchev–Trinajstić information content (AvgIpc) is 3.32. The lowest BCUT2D eigenvalue weighted by Crippen LogP contribution is -2.39. The topological polar surface area (TPSA) is 121 Å². The van der Waals surface area contributed by atoms with Crippen molar-refractivity contribution in [2.45, 2.75) is 66.0 Å². The standard InChI is InChI=1S/C20H30N6O5S/c1-6-29-16(30-7-2)12-26-10-14(23-24-26)17(27)22-18-21-13-8-9-25(11-15(13)32-18)19(28)31-20(3,4)5/h10,16H,6-9,11-12H2,1-5H3,(H,21,22,27). The highest BCUT2D eigenvalue weighted by Gasteiger charge is 2.28. The van der Waals surface area contributed by atoms with Gasteiger partial charge in [0.1, 0.15) is 5.60 Å². The van der Waals surface area contributed by atoms with Gasteiger partial charge in [-0.05, 0) is 34.6 Å². The first-order valence-electron chi connectivity index (χ1n) is 10.6. The van der Waals surface area contributed by atoms with Gasteiger partial charge in [-0.1, -0.05) is 16.6 Å². The lowest BCUT2D eigenvalue weighted by Gasteiger charge is -2.29. The number of hydrogen-bond donors (Lipinski definition) is 1. The van der Waals surface area contributed by atoms with Crippen molar-refractivity contribution in [1.29, 1.82) is 0 Å². The van der Waals surface area contributed by atoms with Crippen molar-refractivity contribution in [1.82, 2.24) is 24.9 Å². The van der Waals surface area contributed by atoms with E-state index in [2.05, 4.69) is 20.6 Å². The number of nitrogens with zero attached hydrogens (tertiary/aromatic N) is 5. The zero-order valence-corrected chi connectivity index (χ0v) is 19.9. The van der Waals surface area contributed by atoms with Gasteiger partial charge in [-0.2, -0.15) is 0 Å². The highest BCUT2D eigenvalue weighted by atomic mass is 32.1. The van der Waals surface area contributed by atoms with Gasteiger partial charge in [0.2, 0.25) is 0 Å². The summed E-state index contributed by atoms with van der Waals surface area (Å²) in [6, 6.07) is 0. The van der Waals surface area contributed by atoms with E-state index < -0.39 is 17.8 Å². The second-order valence-electron chi connectivity index (χ2n) is 8.16. The summed E-state index contributed by atoms with van der Waals surface area (Å²) >= 11 is 1.34. The molecule has 0 saturated heterocycles. The van der Waals surface area contributed by atoms with Gasteiger partial charge in [0, 0.05) is 31.1 Å². The third-order valence-corrected chi connectivity index (χ3v) is 5.41. The Morgan fingerprint density at radius 2 is 1.97 bits per heavy atom. The van der Waals surface area contributed by atoms with Crippen LogP contribution in [0.1, 0.15) is 55.7 Å². The number of aromatic nitrogens is 4. The van der Waals surface area contributed by atoms with E-state index in [1.54, 1.807) is 4.90 Å². The maximum atomic E-state index is 12.6. The largest absolute Gasteiger partial charge is 0.444 e. The summed E-state index contributed by atoms with van der Waals surface area (Å²) in [7, 11) is 0. The predicted octanol–water partition coefficient (Wildman–Crippen LogP) is 2.68. The smallest absolute Gasteiger partial charge is 0.410 e. The van der Waals surface area contributed by atoms with Crippen LogP contribution in [0.25, 0.3) is 0 Å². The molecule has 0 radical (unpaired) electrons. The zero-order chi connectivity index (χ0) is 23.3. The van der Waals surface area contributed by atoms with Crippen molar-refractivity contribution in [2.24, 2.45) is 0 Å². The minimum absolute atomic E-state index is 0.167. The second-order valence-corrected chi connectivity index (χ2v) is 9.24. The van der Waals surface area contributed by atoms with Gasteiger partial charge in [0.25, 0.3) is 5.91 Å². The van der Waals surface area contributed by atoms with Gasteiger partial charge in [-0.25, -0.2) is 14.5 Å². The number of rotatable bonds is 8. The maximum absolute atomic E-state index is 12.6. The van der Waals surface area contributed by atoms with Crippen molar-refractivity contribution in [3.05, 3.63) is 22.5 Å². The highest BCUT2D eigenvalue weighted by molar-refractivity contribution is 7.15. The van der Waals surface area contributed by atoms with Crippen molar-refractivity contribution >= 4 is 28.5 Å². The molecule has 0 aromatic carbocycles. The Hall–Kier alpha value is -2.57. The third-order valence-electron chi connectivity index (χ3n) is 4.42. The fourth-order valence-electron chi connectivity index (χ4n) is 3.06. The number of nitrogens with one attached hydrogen (secondary N) is 1. The van der Waals surface area contributed by atoms with E-state index in [1.807, 2.05) is 34.6 Å². The molecule has 0 bridgehead atoms. The van der Waals surface area contributed by atoms with Crippen LogP contribution in [-0.4, -0.2) is 68.5 Å². The minimum Gasteiger partial charge on any atom is -0.444 e. The first kappa shape index (κ1) is 24.1. The Kier molecular flexibility index (Phi) is 7.80. The molecule has 1 aliphatic heterocycles. The molecule has 0 atom stereocenters. The molecule has 1 aliphatic rings. The van der Waals surface area contributed by atoms with Crippen LogP contribution in [0.2, 0.25) is 0 Å². The van der Waals surface area contributed by atoms with E-state index in [1.165, 1.54) is 22.2 Å². The molecule has 0 unspecified atom stereocenters. The van der Waals surface area contributed by atoms with Crippen molar-refractivity contribution in [3.63, 3.8) is 0 Å². The Morgan fingerprint density at radius 3 is 2.62 bits per heavy atom. The normalized spacial score (nSPS) is 13.9. The summed E-state index contributed by atoms with van der Waals surface area (Å²) in [5.74, 6) is -0.407. The van der Waals surface area contributed by atoms with Crippen LogP contribution in [0.5, 0.6) is 0 Å². The quantitative estimate of drug-likeness (QED) is 0.590. The monoisotopic (exact) mass is 466 g/mol. The number of hydrogen-bond acceptors (Lipinski definition) is 9. The molecular weight excluding hydrogens is 436 g/mol. The van der Waals surface area contributed by atoms with E-state index in [0.717, 1.165) is 10.6 Å². The molecule has 1 N–H and O–H groups in total. The van der Waals surface area contributed by atoms with E-state index >= 15 is 0 Å². The van der Waals surface area contributed by atoms with E-state index in [4.69, 9.17) is 14.2 Å². The summed E-state index contributed by atoms with van der Waals surface area (Å²) in [6.07, 6.45) is 1.34. The summed E-state index contributed by atoms with van der Waals surface area (Å²) in [5.41, 5.74) is 0.498. The van der Waals surface area contributed by atoms with Gasteiger partial charge in [0.05, 0.1) is 25.0 Å². The first-order valence-corrected chi connectivity index (χ1v) is 11.4. The van der Waals surface area contributed by atoms with Crippen LogP contribution < -0.4 is 5.32 Å². The number of amides is 2. The molecule has 0 spiro atoms. The number of carbonyl (C=O) groups is 2. The lowest BCUT2D eigenvalue weighted by atomic mass is 10.2. The van der Waals surface area contributed by atoms with E-state index in [-0.39, 0.29) is 11.8 Å². The van der Waals surface area contributed by atoms with E-state index in [9.17, 15) is 9.59 Å². The second kappa shape index (κ2) is 10.4. The molecule has 2 aromatic heterocycles. The van der Waals surface area contributed by atoms with Gasteiger partial charge in [0.15, 0.2) is 17.1 Å². The zero-order valence-electron chi connectivity index (χ0n) is 19.1. The molecule has 32 heavy (non-hydrogen) atoms. The van der Waals surface area contributed by atoms with Gasteiger partial charge < -0.3 is 19.1 Å². The molecule has 3 heterocycles. The van der Waals surface area contributed by atoms with Crippen LogP contribution in [0.4, 0.5) is 9.93 Å². The lowest BCUT2D eigenvalue weighted by molar-refractivity contribution is -0.145. The number of ether oxygens (including phenoxy) is 3. The van der Waals surface area contributed by atoms with Crippen LogP contribution >= 0.6 is 11.3 Å². The Morgan fingerprint density at radius 1 is 1.25 bits per heavy atom. The SMILES string of the molecule is CCOC(Cn1cc(C(=O)Nc2nc3c(s2)CN(C(=O)OC(C)(C)C)CC3)nn1)OCC.